The van der Waals surface area contributed by atoms with Gasteiger partial charge in [-0.3, -0.25) is 4.79 Å². The highest BCUT2D eigenvalue weighted by molar-refractivity contribution is 5.78. The topological polar surface area (TPSA) is 37.3 Å². The molecule has 4 rings (SSSR count). The smallest absolute Gasteiger partial charge is 0.313 e. The molecular weight excluding hydrogens is 260 g/mol. The highest BCUT2D eigenvalue weighted by atomic mass is 16.4. The second-order valence-corrected chi connectivity index (χ2v) is 8.42. The summed E-state index contributed by atoms with van der Waals surface area (Å²) in [6.07, 6.45) is 15.5. The Kier molecular flexibility index (Phi) is 3.03. The molecule has 3 fully saturated rings. The average Bonchev–Trinajstić information content (AvgIpc) is 2.92. The van der Waals surface area contributed by atoms with Crippen LogP contribution in [-0.2, 0) is 4.79 Å². The first-order chi connectivity index (χ1) is 10.1. The zero-order valence-corrected chi connectivity index (χ0v) is 13.2. The van der Waals surface area contributed by atoms with Gasteiger partial charge < -0.3 is 5.11 Å². The maximum absolute atomic E-state index is 11.9. The van der Waals surface area contributed by atoms with Crippen molar-refractivity contribution in [1.82, 2.24) is 0 Å². The lowest BCUT2D eigenvalue weighted by Gasteiger charge is -2.59. The van der Waals surface area contributed by atoms with Gasteiger partial charge in [-0.1, -0.05) is 31.9 Å². The molecule has 0 aromatic carbocycles. The van der Waals surface area contributed by atoms with E-state index in [1.54, 1.807) is 0 Å². The Hall–Kier alpha value is -0.790. The minimum Gasteiger partial charge on any atom is -0.481 e. The fourth-order valence-electron chi connectivity index (χ4n) is 6.82. The predicted molar refractivity (Wildman–Crippen MR) is 82.8 cm³/mol. The van der Waals surface area contributed by atoms with E-state index < -0.39 is 11.4 Å². The maximum atomic E-state index is 11.9. The molecule has 2 heteroatoms. The SMILES string of the molecule is C[C@]12CCCCC1CC[C@H]1[C@@H]3CC=C[C@@]3(C(=O)O)CC[C@@H]12. The Labute approximate surface area is 128 Å². The monoisotopic (exact) mass is 288 g/mol. The molecule has 0 aromatic rings. The lowest BCUT2D eigenvalue weighted by atomic mass is 9.45. The van der Waals surface area contributed by atoms with Crippen molar-refractivity contribution in [1.29, 1.82) is 0 Å². The van der Waals surface area contributed by atoms with Gasteiger partial charge in [0.25, 0.3) is 0 Å². The summed E-state index contributed by atoms with van der Waals surface area (Å²) in [5, 5.41) is 9.83. The van der Waals surface area contributed by atoms with Crippen LogP contribution >= 0.6 is 0 Å². The summed E-state index contributed by atoms with van der Waals surface area (Å²) >= 11 is 0. The van der Waals surface area contributed by atoms with Crippen LogP contribution in [0, 0.1) is 34.5 Å². The van der Waals surface area contributed by atoms with Crippen LogP contribution in [0.25, 0.3) is 0 Å². The summed E-state index contributed by atoms with van der Waals surface area (Å²) in [5.41, 5.74) is -0.00650. The van der Waals surface area contributed by atoms with Gasteiger partial charge in [0.05, 0.1) is 5.41 Å². The van der Waals surface area contributed by atoms with E-state index in [-0.39, 0.29) is 0 Å². The molecule has 0 aliphatic heterocycles. The Morgan fingerprint density at radius 3 is 2.76 bits per heavy atom. The number of fused-ring (bicyclic) bond motifs is 5. The fourth-order valence-corrected chi connectivity index (χ4v) is 6.82. The van der Waals surface area contributed by atoms with E-state index in [0.29, 0.717) is 17.3 Å². The highest BCUT2D eigenvalue weighted by Gasteiger charge is 2.59. The zero-order valence-electron chi connectivity index (χ0n) is 13.2. The number of carbonyl (C=O) groups is 1. The normalized spacial score (nSPS) is 51.9. The van der Waals surface area contributed by atoms with Crippen molar-refractivity contribution in [3.8, 4) is 0 Å². The van der Waals surface area contributed by atoms with Crippen LogP contribution in [0.3, 0.4) is 0 Å². The van der Waals surface area contributed by atoms with Crippen molar-refractivity contribution >= 4 is 5.97 Å². The van der Waals surface area contributed by atoms with Gasteiger partial charge in [0, 0.05) is 0 Å². The van der Waals surface area contributed by atoms with Crippen LogP contribution in [0.1, 0.15) is 64.7 Å². The molecule has 0 aromatic heterocycles. The van der Waals surface area contributed by atoms with Gasteiger partial charge in [0.15, 0.2) is 0 Å². The Balaban J connectivity index is 1.67. The molecule has 1 unspecified atom stereocenters. The second-order valence-electron chi connectivity index (χ2n) is 8.42. The summed E-state index contributed by atoms with van der Waals surface area (Å²) in [7, 11) is 0. The quantitative estimate of drug-likeness (QED) is 0.713. The minimum atomic E-state index is -0.560. The van der Waals surface area contributed by atoms with Crippen molar-refractivity contribution in [3.63, 3.8) is 0 Å². The lowest BCUT2D eigenvalue weighted by Crippen LogP contribution is -2.54. The zero-order chi connectivity index (χ0) is 14.7. The summed E-state index contributed by atoms with van der Waals surface area (Å²) in [6, 6.07) is 0. The third-order valence-electron chi connectivity index (χ3n) is 7.91. The van der Waals surface area contributed by atoms with Gasteiger partial charge in [-0.2, -0.15) is 0 Å². The van der Waals surface area contributed by atoms with Crippen LogP contribution in [-0.4, -0.2) is 11.1 Å². The molecular formula is C19H28O2. The average molecular weight is 288 g/mol. The first kappa shape index (κ1) is 13.8. The van der Waals surface area contributed by atoms with Crippen molar-refractivity contribution in [2.75, 3.05) is 0 Å². The predicted octanol–water partition coefficient (Wildman–Crippen LogP) is 4.65. The molecule has 116 valence electrons. The molecule has 0 amide bonds. The van der Waals surface area contributed by atoms with Crippen LogP contribution in [0.15, 0.2) is 12.2 Å². The summed E-state index contributed by atoms with van der Waals surface area (Å²) in [4.78, 5) is 11.9. The maximum Gasteiger partial charge on any atom is 0.313 e. The van der Waals surface area contributed by atoms with Crippen LogP contribution in [0.2, 0.25) is 0 Å². The summed E-state index contributed by atoms with van der Waals surface area (Å²) in [6.45, 7) is 2.55. The molecule has 0 bridgehead atoms. The number of hydrogen-bond donors (Lipinski definition) is 1. The van der Waals surface area contributed by atoms with E-state index in [4.69, 9.17) is 0 Å². The van der Waals surface area contributed by atoms with Gasteiger partial charge in [-0.25, -0.2) is 0 Å². The van der Waals surface area contributed by atoms with Crippen molar-refractivity contribution < 1.29 is 9.90 Å². The third kappa shape index (κ3) is 1.74. The van der Waals surface area contributed by atoms with Crippen LogP contribution in [0.4, 0.5) is 0 Å². The number of aliphatic carboxylic acids is 1. The van der Waals surface area contributed by atoms with E-state index in [0.717, 1.165) is 31.1 Å². The standard InChI is InChI=1S/C19H28O2/c1-18-10-3-2-5-13(18)7-8-14-15(18)9-12-19(17(20)21)11-4-6-16(14)19/h4,11,13-16H,2-3,5-10,12H2,1H3,(H,20,21)/t13?,14-,15+,16+,18+,19-/m1/s1. The number of carboxylic acids is 1. The molecule has 4 aliphatic rings. The Bertz CT molecular complexity index is 482. The summed E-state index contributed by atoms with van der Waals surface area (Å²) in [5.74, 6) is 2.18. The molecule has 21 heavy (non-hydrogen) atoms. The molecule has 0 heterocycles. The lowest BCUT2D eigenvalue weighted by molar-refractivity contribution is -0.160. The van der Waals surface area contributed by atoms with E-state index in [1.807, 2.05) is 6.08 Å². The molecule has 1 N–H and O–H groups in total. The number of allylic oxidation sites excluding steroid dienone is 1. The number of carboxylic acid groups (broad SMARTS) is 1. The number of hydrogen-bond acceptors (Lipinski definition) is 1. The van der Waals surface area contributed by atoms with Crippen LogP contribution in [0.5, 0.6) is 0 Å². The fraction of sp³-hybridized carbons (Fsp3) is 0.842. The summed E-state index contributed by atoms with van der Waals surface area (Å²) < 4.78 is 0. The van der Waals surface area contributed by atoms with E-state index in [2.05, 4.69) is 13.0 Å². The molecule has 0 saturated heterocycles. The highest BCUT2D eigenvalue weighted by Crippen LogP contribution is 2.65. The van der Waals surface area contributed by atoms with E-state index in [1.165, 1.54) is 38.5 Å². The Morgan fingerprint density at radius 2 is 1.95 bits per heavy atom. The Morgan fingerprint density at radius 1 is 1.10 bits per heavy atom. The van der Waals surface area contributed by atoms with Gasteiger partial charge >= 0.3 is 5.97 Å². The van der Waals surface area contributed by atoms with E-state index >= 15 is 0 Å². The van der Waals surface area contributed by atoms with Gasteiger partial charge in [-0.15, -0.1) is 0 Å². The van der Waals surface area contributed by atoms with Crippen molar-refractivity contribution in [2.24, 2.45) is 34.5 Å². The first-order valence-electron chi connectivity index (χ1n) is 8.99. The molecule has 4 aliphatic carbocycles. The molecule has 3 saturated carbocycles. The van der Waals surface area contributed by atoms with Crippen molar-refractivity contribution in [2.45, 2.75) is 64.7 Å². The third-order valence-corrected chi connectivity index (χ3v) is 7.91. The largest absolute Gasteiger partial charge is 0.481 e. The first-order valence-corrected chi connectivity index (χ1v) is 8.99. The second kappa shape index (κ2) is 4.60. The number of rotatable bonds is 1. The van der Waals surface area contributed by atoms with E-state index in [9.17, 15) is 9.90 Å². The van der Waals surface area contributed by atoms with Gasteiger partial charge in [-0.05, 0) is 74.0 Å². The minimum absolute atomic E-state index is 0.383. The van der Waals surface area contributed by atoms with Crippen molar-refractivity contribution in [3.05, 3.63) is 12.2 Å². The van der Waals surface area contributed by atoms with Crippen LogP contribution < -0.4 is 0 Å². The van der Waals surface area contributed by atoms with Gasteiger partial charge in [0.1, 0.15) is 0 Å². The molecule has 6 atom stereocenters. The molecule has 0 radical (unpaired) electrons. The molecule has 2 nitrogen and oxygen atoms in total. The van der Waals surface area contributed by atoms with Gasteiger partial charge in [0.2, 0.25) is 0 Å². The molecule has 0 spiro atoms.